The highest BCUT2D eigenvalue weighted by Crippen LogP contribution is 2.32. The van der Waals surface area contributed by atoms with Gasteiger partial charge in [0.05, 0.1) is 22.4 Å². The number of thioether (sulfide) groups is 1. The van der Waals surface area contributed by atoms with Crippen molar-refractivity contribution >= 4 is 40.9 Å². The van der Waals surface area contributed by atoms with Gasteiger partial charge in [-0.25, -0.2) is 0 Å². The van der Waals surface area contributed by atoms with Crippen LogP contribution in [0.25, 0.3) is 0 Å². The molecule has 0 radical (unpaired) electrons. The molecule has 0 aliphatic heterocycles. The highest BCUT2D eigenvalue weighted by atomic mass is 35.5. The molecule has 0 saturated heterocycles. The smallest absolute Gasteiger partial charge is 0.230 e. The Morgan fingerprint density at radius 3 is 2.43 bits per heavy atom. The van der Waals surface area contributed by atoms with Gasteiger partial charge in [-0.05, 0) is 17.7 Å². The molecule has 0 atom stereocenters. The number of rotatable bonds is 8. The van der Waals surface area contributed by atoms with Crippen molar-refractivity contribution in [2.75, 3.05) is 18.1 Å². The Labute approximate surface area is 150 Å². The summed E-state index contributed by atoms with van der Waals surface area (Å²) in [6.45, 7) is 0.992. The van der Waals surface area contributed by atoms with Gasteiger partial charge in [-0.2, -0.15) is 0 Å². The molecule has 0 aliphatic rings. The largest absolute Gasteiger partial charge is 0.490 e. The van der Waals surface area contributed by atoms with E-state index in [1.165, 1.54) is 11.8 Å². The number of ether oxygens (including phenoxy) is 1. The molecule has 2 rings (SSSR count). The third-order valence-corrected chi connectivity index (χ3v) is 4.48. The van der Waals surface area contributed by atoms with Crippen LogP contribution >= 0.6 is 35.0 Å². The van der Waals surface area contributed by atoms with Crippen LogP contribution in [-0.2, 0) is 11.3 Å². The molecule has 1 amide bonds. The number of carbonyl (C=O) groups excluding carboxylic acids is 1. The maximum Gasteiger partial charge on any atom is 0.230 e. The Kier molecular flexibility index (Phi) is 7.59. The maximum atomic E-state index is 11.7. The van der Waals surface area contributed by atoms with E-state index < -0.39 is 0 Å². The highest BCUT2D eigenvalue weighted by Gasteiger charge is 2.06. The van der Waals surface area contributed by atoms with Crippen LogP contribution in [0.3, 0.4) is 0 Å². The van der Waals surface area contributed by atoms with Crippen molar-refractivity contribution in [1.29, 1.82) is 0 Å². The second-order valence-electron chi connectivity index (χ2n) is 4.71. The first-order chi connectivity index (χ1) is 11.2. The number of hydrogen-bond donors (Lipinski definition) is 1. The minimum atomic E-state index is 0.00892. The zero-order chi connectivity index (χ0) is 16.5. The van der Waals surface area contributed by atoms with Crippen molar-refractivity contribution < 1.29 is 9.53 Å². The van der Waals surface area contributed by atoms with Gasteiger partial charge in [-0.15, -0.1) is 11.8 Å². The molecule has 0 unspecified atom stereocenters. The summed E-state index contributed by atoms with van der Waals surface area (Å²) in [5, 5.41) is 3.86. The summed E-state index contributed by atoms with van der Waals surface area (Å²) in [6, 6.07) is 15.0. The summed E-state index contributed by atoms with van der Waals surface area (Å²) in [5.41, 5.74) is 1.09. The molecule has 0 aromatic heterocycles. The predicted molar refractivity (Wildman–Crippen MR) is 97.6 cm³/mol. The van der Waals surface area contributed by atoms with Gasteiger partial charge < -0.3 is 10.1 Å². The summed E-state index contributed by atoms with van der Waals surface area (Å²) in [5.74, 6) is 1.58. The zero-order valence-electron chi connectivity index (χ0n) is 12.4. The summed E-state index contributed by atoms with van der Waals surface area (Å²) in [6.07, 6.45) is 0. The first kappa shape index (κ1) is 18.0. The third-order valence-electron chi connectivity index (χ3n) is 2.96. The molecule has 0 fully saturated rings. The van der Waals surface area contributed by atoms with E-state index in [0.717, 1.165) is 5.56 Å². The first-order valence-corrected chi connectivity index (χ1v) is 9.03. The number of hydrogen-bond acceptors (Lipinski definition) is 3. The minimum Gasteiger partial charge on any atom is -0.490 e. The van der Waals surface area contributed by atoms with E-state index in [9.17, 15) is 4.79 Å². The van der Waals surface area contributed by atoms with Crippen LogP contribution in [0.1, 0.15) is 5.56 Å². The lowest BCUT2D eigenvalue weighted by atomic mass is 10.2. The quantitative estimate of drug-likeness (QED) is 0.699. The van der Waals surface area contributed by atoms with E-state index in [-0.39, 0.29) is 5.91 Å². The molecule has 122 valence electrons. The lowest BCUT2D eigenvalue weighted by Crippen LogP contribution is -2.24. The van der Waals surface area contributed by atoms with Crippen molar-refractivity contribution in [1.82, 2.24) is 5.32 Å². The van der Waals surface area contributed by atoms with Gasteiger partial charge in [0, 0.05) is 12.3 Å². The molecular formula is C17H17Cl2NO2S. The van der Waals surface area contributed by atoms with Gasteiger partial charge in [0.1, 0.15) is 0 Å². The van der Waals surface area contributed by atoms with Crippen LogP contribution in [0.2, 0.25) is 10.0 Å². The molecule has 23 heavy (non-hydrogen) atoms. The average molecular weight is 370 g/mol. The van der Waals surface area contributed by atoms with E-state index in [0.29, 0.717) is 40.5 Å². The minimum absolute atomic E-state index is 0.00892. The first-order valence-electron chi connectivity index (χ1n) is 7.12. The Hall–Kier alpha value is -1.36. The summed E-state index contributed by atoms with van der Waals surface area (Å²) < 4.78 is 5.56. The number of amides is 1. The molecule has 0 heterocycles. The maximum absolute atomic E-state index is 11.7. The molecule has 6 heteroatoms. The lowest BCUT2D eigenvalue weighted by molar-refractivity contribution is -0.118. The molecule has 3 nitrogen and oxygen atoms in total. The molecule has 0 aliphatic carbocycles. The second-order valence-corrected chi connectivity index (χ2v) is 6.63. The van der Waals surface area contributed by atoms with Gasteiger partial charge in [0.25, 0.3) is 0 Å². The Morgan fingerprint density at radius 2 is 1.74 bits per heavy atom. The number of benzene rings is 2. The lowest BCUT2D eigenvalue weighted by Gasteiger charge is -2.09. The predicted octanol–water partition coefficient (Wildman–Crippen LogP) is 4.42. The van der Waals surface area contributed by atoms with Crippen LogP contribution in [0, 0.1) is 0 Å². The van der Waals surface area contributed by atoms with E-state index in [2.05, 4.69) is 5.32 Å². The molecule has 2 aromatic rings. The topological polar surface area (TPSA) is 38.3 Å². The fourth-order valence-electron chi connectivity index (χ4n) is 1.84. The SMILES string of the molecule is O=C(CSCCOc1c(Cl)cccc1Cl)NCc1ccccc1. The van der Waals surface area contributed by atoms with Gasteiger partial charge in [0.2, 0.25) is 5.91 Å². The van der Waals surface area contributed by atoms with Crippen LogP contribution < -0.4 is 10.1 Å². The Bertz CT molecular complexity index is 617. The van der Waals surface area contributed by atoms with Gasteiger partial charge in [-0.3, -0.25) is 4.79 Å². The van der Waals surface area contributed by atoms with Crippen LogP contribution in [0.5, 0.6) is 5.75 Å². The van der Waals surface area contributed by atoms with Gasteiger partial charge >= 0.3 is 0 Å². The summed E-state index contributed by atoms with van der Waals surface area (Å²) >= 11 is 13.5. The van der Waals surface area contributed by atoms with Crippen molar-refractivity contribution in [2.24, 2.45) is 0 Å². The molecule has 0 bridgehead atoms. The van der Waals surface area contributed by atoms with Crippen molar-refractivity contribution in [3.05, 3.63) is 64.1 Å². The monoisotopic (exact) mass is 369 g/mol. The molecular weight excluding hydrogens is 353 g/mol. The van der Waals surface area contributed by atoms with Crippen molar-refractivity contribution in [3.8, 4) is 5.75 Å². The van der Waals surface area contributed by atoms with Crippen LogP contribution in [-0.4, -0.2) is 24.0 Å². The molecule has 0 saturated carbocycles. The fourth-order valence-corrected chi connectivity index (χ4v) is 2.98. The third kappa shape index (κ3) is 6.34. The van der Waals surface area contributed by atoms with E-state index >= 15 is 0 Å². The number of halogens is 2. The number of para-hydroxylation sites is 1. The standard InChI is InChI=1S/C17H17Cl2NO2S/c18-14-7-4-8-15(19)17(14)22-9-10-23-12-16(21)20-11-13-5-2-1-3-6-13/h1-8H,9-12H2,(H,20,21). The molecule has 2 aromatic carbocycles. The van der Waals surface area contributed by atoms with Gasteiger partial charge in [-0.1, -0.05) is 59.6 Å². The molecule has 1 N–H and O–H groups in total. The van der Waals surface area contributed by atoms with Crippen molar-refractivity contribution in [3.63, 3.8) is 0 Å². The van der Waals surface area contributed by atoms with E-state index in [1.54, 1.807) is 18.2 Å². The second kappa shape index (κ2) is 9.71. The molecule has 0 spiro atoms. The Morgan fingerprint density at radius 1 is 1.04 bits per heavy atom. The zero-order valence-corrected chi connectivity index (χ0v) is 14.8. The Balaban J connectivity index is 1.61. The van der Waals surface area contributed by atoms with Crippen LogP contribution in [0.15, 0.2) is 48.5 Å². The number of carbonyl (C=O) groups is 1. The van der Waals surface area contributed by atoms with Crippen LogP contribution in [0.4, 0.5) is 0 Å². The van der Waals surface area contributed by atoms with Gasteiger partial charge in [0.15, 0.2) is 5.75 Å². The summed E-state index contributed by atoms with van der Waals surface area (Å²) in [7, 11) is 0. The summed E-state index contributed by atoms with van der Waals surface area (Å²) in [4.78, 5) is 11.7. The highest BCUT2D eigenvalue weighted by molar-refractivity contribution is 7.99. The van der Waals surface area contributed by atoms with E-state index in [4.69, 9.17) is 27.9 Å². The van der Waals surface area contributed by atoms with E-state index in [1.807, 2.05) is 30.3 Å². The number of nitrogens with one attached hydrogen (secondary N) is 1. The fraction of sp³-hybridized carbons (Fsp3) is 0.235. The average Bonchev–Trinajstić information content (AvgIpc) is 2.56. The normalized spacial score (nSPS) is 10.3. The van der Waals surface area contributed by atoms with Crippen molar-refractivity contribution in [2.45, 2.75) is 6.54 Å².